The van der Waals surface area contributed by atoms with Crippen LogP contribution in [0.15, 0.2) is 97.8 Å². The second kappa shape index (κ2) is 41.4. The first-order valence-electron chi connectivity index (χ1n) is 15.4. The zero-order valence-electron chi connectivity index (χ0n) is 30.0. The van der Waals surface area contributed by atoms with Crippen molar-refractivity contribution in [1.29, 1.82) is 0 Å². The molecule has 0 aromatic heterocycles. The van der Waals surface area contributed by atoms with E-state index in [4.69, 9.17) is 15.2 Å². The normalized spacial score (nSPS) is 10.1. The van der Waals surface area contributed by atoms with Gasteiger partial charge in [-0.25, -0.2) is 0 Å². The van der Waals surface area contributed by atoms with Crippen LogP contribution in [0.5, 0.6) is 11.5 Å². The Morgan fingerprint density at radius 1 is 0.707 bits per heavy atom. The highest BCUT2D eigenvalue weighted by atomic mass is 16.5. The van der Waals surface area contributed by atoms with Crippen molar-refractivity contribution in [2.75, 3.05) is 7.11 Å². The number of rotatable bonds is 6. The van der Waals surface area contributed by atoms with Crippen LogP contribution in [0.4, 0.5) is 0 Å². The van der Waals surface area contributed by atoms with Gasteiger partial charge in [0, 0.05) is 0 Å². The molecule has 0 aliphatic carbocycles. The molecule has 0 aliphatic heterocycles. The number of ether oxygens (including phenoxy) is 2. The minimum atomic E-state index is -0.591. The average Bonchev–Trinajstić information content (AvgIpc) is 3.05. The Kier molecular flexibility index (Phi) is 51.3. The fourth-order valence-corrected chi connectivity index (χ4v) is 2.33. The van der Waals surface area contributed by atoms with Crippen LogP contribution in [0.2, 0.25) is 0 Å². The third-order valence-corrected chi connectivity index (χ3v) is 4.20. The molecule has 0 spiro atoms. The Labute approximate surface area is 258 Å². The van der Waals surface area contributed by atoms with Gasteiger partial charge >= 0.3 is 0 Å². The highest BCUT2D eigenvalue weighted by Gasteiger charge is 2.23. The van der Waals surface area contributed by atoms with E-state index in [2.05, 4.69) is 27.0 Å². The standard InChI is InChI=1S/C20H23NO2.C4H8.C3H8.C3H6.4C2H6/c1-5-17(6-2)23-19-13-9-16(10-14-19)20(3,21)15-7-11-18(22-4)12-8-15;1-3-4-2;2*1-3-2;4*1-2/h5-14H,1,21H2,2-4H3;3-4H,1-2H3;3H2,1-2H3;3H,1H2,2H3;4*1-2H3/b17-6+;4-3-;;;;;;. The van der Waals surface area contributed by atoms with Crippen LogP contribution >= 0.6 is 0 Å². The van der Waals surface area contributed by atoms with Crippen molar-refractivity contribution >= 4 is 0 Å². The van der Waals surface area contributed by atoms with Gasteiger partial charge in [-0.15, -0.1) is 6.58 Å². The summed E-state index contributed by atoms with van der Waals surface area (Å²) >= 11 is 0. The Balaban J connectivity index is -0.000000142. The van der Waals surface area contributed by atoms with Crippen molar-refractivity contribution in [3.63, 3.8) is 0 Å². The van der Waals surface area contributed by atoms with Crippen molar-refractivity contribution in [1.82, 2.24) is 0 Å². The van der Waals surface area contributed by atoms with Crippen LogP contribution in [0, 0.1) is 0 Å². The minimum Gasteiger partial charge on any atom is -0.497 e. The third kappa shape index (κ3) is 28.3. The average molecular weight is 572 g/mol. The van der Waals surface area contributed by atoms with Gasteiger partial charge < -0.3 is 15.2 Å². The molecule has 0 aliphatic rings. The lowest BCUT2D eigenvalue weighted by molar-refractivity contribution is 0.414. The van der Waals surface area contributed by atoms with E-state index in [1.165, 1.54) is 6.42 Å². The summed E-state index contributed by atoms with van der Waals surface area (Å²) in [4.78, 5) is 0. The van der Waals surface area contributed by atoms with Gasteiger partial charge in [0.1, 0.15) is 17.3 Å². The van der Waals surface area contributed by atoms with E-state index in [9.17, 15) is 0 Å². The predicted molar refractivity (Wildman–Crippen MR) is 192 cm³/mol. The molecular weight excluding hydrogens is 502 g/mol. The van der Waals surface area contributed by atoms with Gasteiger partial charge in [-0.1, -0.05) is 125 Å². The van der Waals surface area contributed by atoms with E-state index in [1.807, 2.05) is 157 Å². The molecule has 1 unspecified atom stereocenters. The summed E-state index contributed by atoms with van der Waals surface area (Å²) in [5, 5.41) is 0. The van der Waals surface area contributed by atoms with Gasteiger partial charge in [0.25, 0.3) is 0 Å². The molecule has 0 bridgehead atoms. The number of hydrogen-bond acceptors (Lipinski definition) is 3. The smallest absolute Gasteiger partial charge is 0.127 e. The summed E-state index contributed by atoms with van der Waals surface area (Å²) in [5.41, 5.74) is 7.99. The zero-order chi connectivity index (χ0) is 33.7. The zero-order valence-corrected chi connectivity index (χ0v) is 30.0. The fourth-order valence-electron chi connectivity index (χ4n) is 2.33. The lowest BCUT2D eigenvalue weighted by Crippen LogP contribution is -2.34. The summed E-state index contributed by atoms with van der Waals surface area (Å²) < 4.78 is 10.9. The second-order valence-electron chi connectivity index (χ2n) is 7.23. The van der Waals surface area contributed by atoms with Crippen LogP contribution < -0.4 is 15.2 Å². The lowest BCUT2D eigenvalue weighted by atomic mass is 9.86. The first kappa shape index (κ1) is 50.8. The molecule has 0 amide bonds. The third-order valence-electron chi connectivity index (χ3n) is 4.20. The van der Waals surface area contributed by atoms with Crippen LogP contribution in [-0.4, -0.2) is 7.11 Å². The van der Waals surface area contributed by atoms with E-state index in [1.54, 1.807) is 19.3 Å². The van der Waals surface area contributed by atoms with E-state index >= 15 is 0 Å². The molecule has 0 saturated carbocycles. The minimum absolute atomic E-state index is 0.591. The first-order chi connectivity index (χ1) is 19.7. The predicted octanol–water partition coefficient (Wildman–Crippen LogP) is 12.7. The van der Waals surface area contributed by atoms with Gasteiger partial charge in [0.2, 0.25) is 0 Å². The molecule has 238 valence electrons. The lowest BCUT2D eigenvalue weighted by Gasteiger charge is -2.26. The molecule has 2 aromatic carbocycles. The number of benzene rings is 2. The van der Waals surface area contributed by atoms with Gasteiger partial charge in [0.15, 0.2) is 0 Å². The number of allylic oxidation sites excluding steroid dienone is 5. The maximum Gasteiger partial charge on any atom is 0.127 e. The van der Waals surface area contributed by atoms with Crippen molar-refractivity contribution < 1.29 is 9.47 Å². The Morgan fingerprint density at radius 2 is 1.00 bits per heavy atom. The highest BCUT2D eigenvalue weighted by Crippen LogP contribution is 2.29. The fraction of sp³-hybridized carbons (Fsp3) is 0.474. The maximum atomic E-state index is 6.55. The number of hydrogen-bond donors (Lipinski definition) is 1. The van der Waals surface area contributed by atoms with E-state index < -0.39 is 5.54 Å². The van der Waals surface area contributed by atoms with Crippen LogP contribution in [0.1, 0.15) is 121 Å². The van der Waals surface area contributed by atoms with Gasteiger partial charge in [-0.3, -0.25) is 0 Å². The monoisotopic (exact) mass is 572 g/mol. The van der Waals surface area contributed by atoms with Crippen LogP contribution in [0.25, 0.3) is 0 Å². The van der Waals surface area contributed by atoms with Gasteiger partial charge in [-0.2, -0.15) is 0 Å². The van der Waals surface area contributed by atoms with E-state index in [0.717, 1.165) is 28.4 Å². The van der Waals surface area contributed by atoms with Crippen molar-refractivity contribution in [3.05, 3.63) is 109 Å². The number of methoxy groups -OCH3 is 1. The summed E-state index contributed by atoms with van der Waals surface area (Å²) in [7, 11) is 1.65. The summed E-state index contributed by atoms with van der Waals surface area (Å²) in [6, 6.07) is 15.6. The molecule has 0 radical (unpaired) electrons. The molecule has 41 heavy (non-hydrogen) atoms. The Morgan fingerprint density at radius 3 is 1.22 bits per heavy atom. The van der Waals surface area contributed by atoms with Crippen molar-refractivity contribution in [3.8, 4) is 11.5 Å². The number of nitrogens with two attached hydrogens (primary N) is 1. The maximum absolute atomic E-state index is 6.55. The molecule has 2 aromatic rings. The molecule has 3 nitrogen and oxygen atoms in total. The molecule has 0 fully saturated rings. The largest absolute Gasteiger partial charge is 0.497 e. The summed E-state index contributed by atoms with van der Waals surface area (Å²) in [6.07, 6.45) is 10.5. The van der Waals surface area contributed by atoms with E-state index in [0.29, 0.717) is 0 Å². The van der Waals surface area contributed by atoms with Gasteiger partial charge in [-0.05, 0) is 82.2 Å². The molecule has 1 atom stereocenters. The molecule has 3 heteroatoms. The molecular formula is C38H69NO2. The molecule has 0 saturated heterocycles. The SMILES string of the molecule is C/C=C\C.C=C/C(=C\C)Oc1ccc(C(C)(N)c2ccc(OC)cc2)cc1.C=CC.CC.CC.CC.CC.CCC. The van der Waals surface area contributed by atoms with Crippen LogP contribution in [-0.2, 0) is 5.54 Å². The molecule has 2 N–H and O–H groups in total. The van der Waals surface area contributed by atoms with E-state index in [-0.39, 0.29) is 0 Å². The van der Waals surface area contributed by atoms with Gasteiger partial charge in [0.05, 0.1) is 12.6 Å². The van der Waals surface area contributed by atoms with Crippen LogP contribution in [0.3, 0.4) is 0 Å². The van der Waals surface area contributed by atoms with Crippen molar-refractivity contribution in [2.24, 2.45) is 5.73 Å². The topological polar surface area (TPSA) is 44.5 Å². The van der Waals surface area contributed by atoms with Crippen molar-refractivity contribution in [2.45, 2.75) is 116 Å². The Bertz CT molecular complexity index is 810. The summed E-state index contributed by atoms with van der Waals surface area (Å²) in [6.45, 7) is 37.1. The first-order valence-corrected chi connectivity index (χ1v) is 15.4. The summed E-state index contributed by atoms with van der Waals surface area (Å²) in [5.74, 6) is 2.30. The molecule has 0 heterocycles. The second-order valence-corrected chi connectivity index (χ2v) is 7.23. The Hall–Kier alpha value is -3.04. The quantitative estimate of drug-likeness (QED) is 0.213. The molecule has 2 rings (SSSR count). The highest BCUT2D eigenvalue weighted by molar-refractivity contribution is 5.41.